The lowest BCUT2D eigenvalue weighted by molar-refractivity contribution is 0.0520. The summed E-state index contributed by atoms with van der Waals surface area (Å²) in [6, 6.07) is 7.13. The van der Waals surface area contributed by atoms with Crippen LogP contribution in [0.3, 0.4) is 0 Å². The molecular formula is C16H15FN2O3. The van der Waals surface area contributed by atoms with Crippen molar-refractivity contribution in [2.45, 2.75) is 6.92 Å². The Morgan fingerprint density at radius 1 is 1.27 bits per heavy atom. The van der Waals surface area contributed by atoms with Crippen molar-refractivity contribution in [3.05, 3.63) is 36.2 Å². The lowest BCUT2D eigenvalue weighted by Crippen LogP contribution is -2.06. The first-order valence-electron chi connectivity index (χ1n) is 7.00. The van der Waals surface area contributed by atoms with Crippen LogP contribution >= 0.6 is 0 Å². The summed E-state index contributed by atoms with van der Waals surface area (Å²) in [5.41, 5.74) is 1.96. The molecule has 5 nitrogen and oxygen atoms in total. The topological polar surface area (TPSA) is 64.2 Å². The molecule has 0 radical (unpaired) electrons. The third kappa shape index (κ3) is 2.59. The van der Waals surface area contributed by atoms with Crippen LogP contribution in [0.1, 0.15) is 17.4 Å². The molecule has 0 saturated heterocycles. The fraction of sp³-hybridized carbons (Fsp3) is 0.250. The van der Waals surface area contributed by atoms with Gasteiger partial charge >= 0.3 is 5.97 Å². The lowest BCUT2D eigenvalue weighted by atomic mass is 10.1. The molecule has 3 rings (SSSR count). The molecule has 2 heterocycles. The molecule has 2 aromatic heterocycles. The first-order chi connectivity index (χ1) is 10.7. The Kier molecular flexibility index (Phi) is 3.91. The molecule has 0 aliphatic rings. The van der Waals surface area contributed by atoms with Gasteiger partial charge in [-0.3, -0.25) is 0 Å². The van der Waals surface area contributed by atoms with Gasteiger partial charge in [-0.15, -0.1) is 0 Å². The molecule has 0 atom stereocenters. The molecule has 3 aromatic rings. The Morgan fingerprint density at radius 2 is 2.09 bits per heavy atom. The van der Waals surface area contributed by atoms with Crippen molar-refractivity contribution in [2.24, 2.45) is 0 Å². The minimum atomic E-state index is -0.539. The van der Waals surface area contributed by atoms with Gasteiger partial charge in [-0.1, -0.05) is 0 Å². The molecule has 0 bridgehead atoms. The quantitative estimate of drug-likeness (QED) is 0.735. The highest BCUT2D eigenvalue weighted by atomic mass is 18.2. The number of H-pyrrole nitrogens is 1. The van der Waals surface area contributed by atoms with Crippen molar-refractivity contribution < 1.29 is 18.7 Å². The van der Waals surface area contributed by atoms with E-state index in [1.807, 2.05) is 12.1 Å². The van der Waals surface area contributed by atoms with Gasteiger partial charge in [0.25, 0.3) is 0 Å². The maximum atomic E-state index is 12.2. The van der Waals surface area contributed by atoms with Gasteiger partial charge < -0.3 is 14.5 Å². The van der Waals surface area contributed by atoms with Gasteiger partial charge in [-0.05, 0) is 31.2 Å². The number of ether oxygens (including phenoxy) is 2. The summed E-state index contributed by atoms with van der Waals surface area (Å²) in [6.45, 7) is 1.52. The summed E-state index contributed by atoms with van der Waals surface area (Å²) >= 11 is 0. The average Bonchev–Trinajstić information content (AvgIpc) is 2.90. The summed E-state index contributed by atoms with van der Waals surface area (Å²) in [7, 11) is 0. The SMILES string of the molecule is CCOC(=O)c1cc2c(cn1)[nH]c1ccc(OCC[18F])cc12. The number of fused-ring (bicyclic) bond motifs is 3. The van der Waals surface area contributed by atoms with E-state index in [4.69, 9.17) is 9.47 Å². The Labute approximate surface area is 126 Å². The molecule has 22 heavy (non-hydrogen) atoms. The van der Waals surface area contributed by atoms with Crippen molar-refractivity contribution in [1.29, 1.82) is 0 Å². The van der Waals surface area contributed by atoms with E-state index < -0.39 is 12.6 Å². The van der Waals surface area contributed by atoms with E-state index in [1.165, 1.54) is 0 Å². The number of esters is 1. The van der Waals surface area contributed by atoms with Crippen LogP contribution in [0.4, 0.5) is 4.39 Å². The highest BCUT2D eigenvalue weighted by Gasteiger charge is 2.12. The molecule has 0 aliphatic carbocycles. The molecule has 0 unspecified atom stereocenters. The second kappa shape index (κ2) is 6.01. The number of nitrogens with zero attached hydrogens (tertiary/aromatic N) is 1. The summed E-state index contributed by atoms with van der Waals surface area (Å²) < 4.78 is 22.5. The largest absolute Gasteiger partial charge is 0.491 e. The molecule has 0 amide bonds. The predicted octanol–water partition coefficient (Wildman–Crippen LogP) is 3.24. The third-order valence-corrected chi connectivity index (χ3v) is 3.28. The number of halogens is 1. The number of carbonyl (C=O) groups excluding carboxylic acids is 1. The van der Waals surface area contributed by atoms with E-state index in [9.17, 15) is 9.18 Å². The number of hydrogen-bond acceptors (Lipinski definition) is 4. The summed E-state index contributed by atoms with van der Waals surface area (Å²) in [6.07, 6.45) is 1.60. The average molecular weight is 301 g/mol. The van der Waals surface area contributed by atoms with Crippen LogP contribution in [0.25, 0.3) is 21.8 Å². The van der Waals surface area contributed by atoms with Crippen molar-refractivity contribution in [3.63, 3.8) is 0 Å². The molecule has 114 valence electrons. The van der Waals surface area contributed by atoms with Crippen LogP contribution < -0.4 is 4.74 Å². The number of aromatic nitrogens is 2. The van der Waals surface area contributed by atoms with Crippen LogP contribution in [0.2, 0.25) is 0 Å². The fourth-order valence-electron chi connectivity index (χ4n) is 2.34. The Hall–Kier alpha value is -2.63. The van der Waals surface area contributed by atoms with Crippen LogP contribution in [-0.2, 0) is 4.74 Å². The van der Waals surface area contributed by atoms with E-state index in [0.29, 0.717) is 12.4 Å². The monoisotopic (exact) mass is 301 g/mol. The number of nitrogens with one attached hydrogen (secondary N) is 1. The number of aromatic amines is 1. The number of pyridine rings is 1. The highest BCUT2D eigenvalue weighted by Crippen LogP contribution is 2.29. The number of hydrogen-bond donors (Lipinski definition) is 1. The molecular weight excluding hydrogens is 286 g/mol. The smallest absolute Gasteiger partial charge is 0.356 e. The molecule has 0 spiro atoms. The van der Waals surface area contributed by atoms with E-state index in [-0.39, 0.29) is 12.3 Å². The molecule has 1 N–H and O–H groups in total. The standard InChI is InChI=1S/C16H15FN2O3/c1-2-21-16(20)14-8-12-11-7-10(22-6-5-17)3-4-13(11)19-15(12)9-18-14/h3-4,7-9,19H,2,5-6H2,1H3/i17-1. The Balaban J connectivity index is 2.08. The van der Waals surface area contributed by atoms with Gasteiger partial charge in [0.15, 0.2) is 0 Å². The second-order valence-corrected chi connectivity index (χ2v) is 4.71. The van der Waals surface area contributed by atoms with Crippen LogP contribution in [0.15, 0.2) is 30.5 Å². The van der Waals surface area contributed by atoms with Gasteiger partial charge in [-0.25, -0.2) is 14.2 Å². The van der Waals surface area contributed by atoms with Crippen molar-refractivity contribution in [3.8, 4) is 5.75 Å². The van der Waals surface area contributed by atoms with Gasteiger partial charge in [0.1, 0.15) is 24.7 Å². The number of carbonyl (C=O) groups is 1. The predicted molar refractivity (Wildman–Crippen MR) is 81.0 cm³/mol. The van der Waals surface area contributed by atoms with Gasteiger partial charge in [-0.2, -0.15) is 0 Å². The van der Waals surface area contributed by atoms with Gasteiger partial charge in [0.2, 0.25) is 0 Å². The third-order valence-electron chi connectivity index (χ3n) is 3.28. The van der Waals surface area contributed by atoms with Gasteiger partial charge in [0.05, 0.1) is 18.3 Å². The maximum absolute atomic E-state index is 12.2. The van der Waals surface area contributed by atoms with Crippen molar-refractivity contribution in [1.82, 2.24) is 9.97 Å². The fourth-order valence-corrected chi connectivity index (χ4v) is 2.34. The Bertz CT molecular complexity index is 829. The second-order valence-electron chi connectivity index (χ2n) is 4.71. The lowest BCUT2D eigenvalue weighted by Gasteiger charge is -2.03. The zero-order chi connectivity index (χ0) is 15.5. The first kappa shape index (κ1) is 14.3. The zero-order valence-corrected chi connectivity index (χ0v) is 12.1. The van der Waals surface area contributed by atoms with Crippen LogP contribution in [-0.4, -0.2) is 35.8 Å². The molecule has 1 aromatic carbocycles. The molecule has 0 saturated carbocycles. The maximum Gasteiger partial charge on any atom is 0.356 e. The van der Waals surface area contributed by atoms with E-state index in [0.717, 1.165) is 21.8 Å². The molecule has 0 fully saturated rings. The highest BCUT2D eigenvalue weighted by molar-refractivity contribution is 6.09. The van der Waals surface area contributed by atoms with E-state index >= 15 is 0 Å². The Morgan fingerprint density at radius 3 is 2.86 bits per heavy atom. The minimum Gasteiger partial charge on any atom is -0.491 e. The van der Waals surface area contributed by atoms with E-state index in [1.54, 1.807) is 25.3 Å². The number of rotatable bonds is 5. The number of benzene rings is 1. The minimum absolute atomic E-state index is 0.0174. The summed E-state index contributed by atoms with van der Waals surface area (Å²) in [4.78, 5) is 19.1. The molecule has 0 aliphatic heterocycles. The normalized spacial score (nSPS) is 11.0. The zero-order valence-electron chi connectivity index (χ0n) is 12.1. The summed E-state index contributed by atoms with van der Waals surface area (Å²) in [5, 5.41) is 1.73. The first-order valence-corrected chi connectivity index (χ1v) is 7.00. The summed E-state index contributed by atoms with van der Waals surface area (Å²) in [5.74, 6) is 0.129. The van der Waals surface area contributed by atoms with E-state index in [2.05, 4.69) is 9.97 Å². The van der Waals surface area contributed by atoms with Crippen LogP contribution in [0, 0.1) is 0 Å². The van der Waals surface area contributed by atoms with Crippen molar-refractivity contribution >= 4 is 27.8 Å². The molecule has 6 heteroatoms. The van der Waals surface area contributed by atoms with Crippen LogP contribution in [0.5, 0.6) is 5.75 Å². The van der Waals surface area contributed by atoms with Crippen molar-refractivity contribution in [2.75, 3.05) is 19.9 Å². The number of alkyl halides is 1. The van der Waals surface area contributed by atoms with Gasteiger partial charge in [0, 0.05) is 16.3 Å².